The summed E-state index contributed by atoms with van der Waals surface area (Å²) in [6.45, 7) is 3.58. The van der Waals surface area contributed by atoms with Gasteiger partial charge < -0.3 is 10.1 Å². The SMILES string of the molecule is CCCCCCOCc1cnc(NC)cn1. The Kier molecular flexibility index (Phi) is 6.49. The summed E-state index contributed by atoms with van der Waals surface area (Å²) in [6.07, 6.45) is 8.40. The van der Waals surface area contributed by atoms with Crippen molar-refractivity contribution in [3.8, 4) is 0 Å². The molecule has 4 nitrogen and oxygen atoms in total. The summed E-state index contributed by atoms with van der Waals surface area (Å²) in [5.41, 5.74) is 0.884. The largest absolute Gasteiger partial charge is 0.375 e. The van der Waals surface area contributed by atoms with Gasteiger partial charge in [-0.3, -0.25) is 4.98 Å². The van der Waals surface area contributed by atoms with E-state index in [1.807, 2.05) is 7.05 Å². The fourth-order valence-corrected chi connectivity index (χ4v) is 1.37. The molecule has 1 aromatic rings. The van der Waals surface area contributed by atoms with Crippen molar-refractivity contribution in [2.75, 3.05) is 19.0 Å². The fraction of sp³-hybridized carbons (Fsp3) is 0.667. The Balaban J connectivity index is 2.12. The van der Waals surface area contributed by atoms with Gasteiger partial charge in [0.05, 0.1) is 24.7 Å². The summed E-state index contributed by atoms with van der Waals surface area (Å²) in [6, 6.07) is 0. The number of hydrogen-bond donors (Lipinski definition) is 1. The Morgan fingerprint density at radius 3 is 2.69 bits per heavy atom. The molecule has 0 spiro atoms. The van der Waals surface area contributed by atoms with Gasteiger partial charge in [0.15, 0.2) is 0 Å². The molecule has 1 rings (SSSR count). The summed E-state index contributed by atoms with van der Waals surface area (Å²) < 4.78 is 5.52. The average Bonchev–Trinajstić information content (AvgIpc) is 2.34. The highest BCUT2D eigenvalue weighted by Gasteiger charge is 1.96. The molecule has 1 aromatic heterocycles. The quantitative estimate of drug-likeness (QED) is 0.688. The lowest BCUT2D eigenvalue weighted by Crippen LogP contribution is -2.00. The van der Waals surface area contributed by atoms with Crippen LogP contribution in [0.4, 0.5) is 5.82 Å². The van der Waals surface area contributed by atoms with Gasteiger partial charge in [0.2, 0.25) is 0 Å². The molecule has 0 aromatic carbocycles. The summed E-state index contributed by atoms with van der Waals surface area (Å²) in [5.74, 6) is 0.784. The summed E-state index contributed by atoms with van der Waals surface area (Å²) in [7, 11) is 1.83. The minimum Gasteiger partial charge on any atom is -0.375 e. The number of nitrogens with zero attached hydrogens (tertiary/aromatic N) is 2. The first-order valence-corrected chi connectivity index (χ1v) is 5.93. The zero-order valence-corrected chi connectivity index (χ0v) is 10.2. The maximum atomic E-state index is 5.52. The van der Waals surface area contributed by atoms with E-state index in [9.17, 15) is 0 Å². The molecule has 0 radical (unpaired) electrons. The maximum Gasteiger partial charge on any atom is 0.144 e. The zero-order chi connectivity index (χ0) is 11.6. The van der Waals surface area contributed by atoms with E-state index in [0.29, 0.717) is 6.61 Å². The van der Waals surface area contributed by atoms with Crippen LogP contribution < -0.4 is 5.32 Å². The zero-order valence-electron chi connectivity index (χ0n) is 10.2. The molecule has 0 unspecified atom stereocenters. The Morgan fingerprint density at radius 1 is 1.19 bits per heavy atom. The van der Waals surface area contributed by atoms with Gasteiger partial charge in [0.1, 0.15) is 5.82 Å². The van der Waals surface area contributed by atoms with Gasteiger partial charge in [-0.15, -0.1) is 0 Å². The van der Waals surface area contributed by atoms with Crippen LogP contribution in [-0.4, -0.2) is 23.6 Å². The molecule has 4 heteroatoms. The number of ether oxygens (including phenoxy) is 1. The molecule has 1 heterocycles. The molecule has 0 saturated carbocycles. The minimum absolute atomic E-state index is 0.559. The normalized spacial score (nSPS) is 10.4. The van der Waals surface area contributed by atoms with Gasteiger partial charge in [-0.1, -0.05) is 26.2 Å². The first-order chi connectivity index (χ1) is 7.86. The van der Waals surface area contributed by atoms with Crippen molar-refractivity contribution < 1.29 is 4.74 Å². The Morgan fingerprint density at radius 2 is 2.06 bits per heavy atom. The second-order valence-corrected chi connectivity index (χ2v) is 3.76. The lowest BCUT2D eigenvalue weighted by atomic mass is 10.2. The molecular formula is C12H21N3O. The van der Waals surface area contributed by atoms with Gasteiger partial charge in [-0.25, -0.2) is 4.98 Å². The molecule has 0 amide bonds. The number of aromatic nitrogens is 2. The predicted molar refractivity (Wildman–Crippen MR) is 65.4 cm³/mol. The van der Waals surface area contributed by atoms with E-state index >= 15 is 0 Å². The van der Waals surface area contributed by atoms with Crippen LogP contribution in [0.15, 0.2) is 12.4 Å². The first-order valence-electron chi connectivity index (χ1n) is 5.93. The molecule has 0 atom stereocenters. The van der Waals surface area contributed by atoms with Crippen LogP contribution in [0.2, 0.25) is 0 Å². The van der Waals surface area contributed by atoms with E-state index in [1.165, 1.54) is 19.3 Å². The van der Waals surface area contributed by atoms with E-state index in [4.69, 9.17) is 4.74 Å². The highest BCUT2D eigenvalue weighted by molar-refractivity contribution is 5.29. The van der Waals surface area contributed by atoms with Crippen molar-refractivity contribution in [3.05, 3.63) is 18.1 Å². The van der Waals surface area contributed by atoms with Crippen LogP contribution in [-0.2, 0) is 11.3 Å². The van der Waals surface area contributed by atoms with Gasteiger partial charge >= 0.3 is 0 Å². The highest BCUT2D eigenvalue weighted by atomic mass is 16.5. The van der Waals surface area contributed by atoms with Crippen molar-refractivity contribution in [1.29, 1.82) is 0 Å². The molecule has 0 aliphatic carbocycles. The molecule has 0 bridgehead atoms. The number of nitrogens with one attached hydrogen (secondary N) is 1. The third kappa shape index (κ3) is 5.07. The molecule has 0 aliphatic rings. The number of hydrogen-bond acceptors (Lipinski definition) is 4. The van der Waals surface area contributed by atoms with Gasteiger partial charge in [-0.2, -0.15) is 0 Å². The van der Waals surface area contributed by atoms with Crippen LogP contribution in [0.1, 0.15) is 38.3 Å². The Bertz CT molecular complexity index is 274. The Labute approximate surface area is 97.5 Å². The fourth-order valence-electron chi connectivity index (χ4n) is 1.37. The first kappa shape index (κ1) is 12.9. The smallest absolute Gasteiger partial charge is 0.144 e. The molecule has 1 N–H and O–H groups in total. The van der Waals surface area contributed by atoms with E-state index in [-0.39, 0.29) is 0 Å². The second-order valence-electron chi connectivity index (χ2n) is 3.76. The van der Waals surface area contributed by atoms with E-state index in [1.54, 1.807) is 12.4 Å². The molecule has 0 aliphatic heterocycles. The monoisotopic (exact) mass is 223 g/mol. The van der Waals surface area contributed by atoms with Crippen LogP contribution in [0, 0.1) is 0 Å². The van der Waals surface area contributed by atoms with Crippen LogP contribution in [0.3, 0.4) is 0 Å². The Hall–Kier alpha value is -1.16. The minimum atomic E-state index is 0.559. The number of unbranched alkanes of at least 4 members (excludes halogenated alkanes) is 3. The van der Waals surface area contributed by atoms with Crippen molar-refractivity contribution in [3.63, 3.8) is 0 Å². The second kappa shape index (κ2) is 8.05. The van der Waals surface area contributed by atoms with Crippen LogP contribution >= 0.6 is 0 Å². The molecular weight excluding hydrogens is 202 g/mol. The summed E-state index contributed by atoms with van der Waals surface area (Å²) in [5, 5.41) is 2.93. The van der Waals surface area contributed by atoms with Crippen molar-refractivity contribution in [2.24, 2.45) is 0 Å². The molecule has 90 valence electrons. The number of rotatable bonds is 8. The molecule has 16 heavy (non-hydrogen) atoms. The van der Waals surface area contributed by atoms with Crippen molar-refractivity contribution in [1.82, 2.24) is 9.97 Å². The third-order valence-electron chi connectivity index (χ3n) is 2.35. The van der Waals surface area contributed by atoms with Crippen LogP contribution in [0.25, 0.3) is 0 Å². The standard InChI is InChI=1S/C12H21N3O/c1-3-4-5-6-7-16-10-11-8-15-12(13-2)9-14-11/h8-9H,3-7,10H2,1-2H3,(H,13,15). The molecule has 0 fully saturated rings. The summed E-state index contributed by atoms with van der Waals surface area (Å²) >= 11 is 0. The average molecular weight is 223 g/mol. The topological polar surface area (TPSA) is 47.0 Å². The third-order valence-corrected chi connectivity index (χ3v) is 2.35. The van der Waals surface area contributed by atoms with Gasteiger partial charge in [0.25, 0.3) is 0 Å². The lowest BCUT2D eigenvalue weighted by Gasteiger charge is -2.04. The van der Waals surface area contributed by atoms with Crippen molar-refractivity contribution >= 4 is 5.82 Å². The highest BCUT2D eigenvalue weighted by Crippen LogP contribution is 2.03. The van der Waals surface area contributed by atoms with Gasteiger partial charge in [0, 0.05) is 13.7 Å². The van der Waals surface area contributed by atoms with E-state index in [0.717, 1.165) is 24.5 Å². The van der Waals surface area contributed by atoms with Crippen LogP contribution in [0.5, 0.6) is 0 Å². The summed E-state index contributed by atoms with van der Waals surface area (Å²) in [4.78, 5) is 8.41. The molecule has 0 saturated heterocycles. The van der Waals surface area contributed by atoms with Crippen molar-refractivity contribution in [2.45, 2.75) is 39.2 Å². The lowest BCUT2D eigenvalue weighted by molar-refractivity contribution is 0.114. The van der Waals surface area contributed by atoms with E-state index in [2.05, 4.69) is 22.2 Å². The van der Waals surface area contributed by atoms with E-state index < -0.39 is 0 Å². The van der Waals surface area contributed by atoms with Gasteiger partial charge in [-0.05, 0) is 6.42 Å². The maximum absolute atomic E-state index is 5.52. The number of anilines is 1. The predicted octanol–water partition coefficient (Wildman–Crippen LogP) is 2.62.